The summed E-state index contributed by atoms with van der Waals surface area (Å²) < 4.78 is 0. The Kier molecular flexibility index (Phi) is 6.09. The first-order valence-electron chi connectivity index (χ1n) is 6.36. The molecule has 1 N–H and O–H groups in total. The van der Waals surface area contributed by atoms with Gasteiger partial charge in [-0.25, -0.2) is 0 Å². The molecule has 1 unspecified atom stereocenters. The Hall–Kier alpha value is -0.890. The maximum absolute atomic E-state index is 4.05. The summed E-state index contributed by atoms with van der Waals surface area (Å²) in [6.45, 7) is 4.57. The van der Waals surface area contributed by atoms with Gasteiger partial charge in [0.15, 0.2) is 0 Å². The molecule has 2 heteroatoms. The Balaban J connectivity index is 2.49. The van der Waals surface area contributed by atoms with Crippen LogP contribution in [0.15, 0.2) is 24.5 Å². The minimum atomic E-state index is 0.590. The van der Waals surface area contributed by atoms with E-state index in [-0.39, 0.29) is 0 Å². The molecule has 0 saturated carbocycles. The minimum Gasteiger partial charge on any atom is -0.317 e. The molecular weight excluding hydrogens is 196 g/mol. The number of hydrogen-bond donors (Lipinski definition) is 1. The van der Waals surface area contributed by atoms with Crippen LogP contribution in [0.3, 0.4) is 0 Å². The van der Waals surface area contributed by atoms with E-state index in [4.69, 9.17) is 0 Å². The lowest BCUT2D eigenvalue weighted by Crippen LogP contribution is -2.30. The monoisotopic (exact) mass is 220 g/mol. The molecule has 1 aromatic rings. The topological polar surface area (TPSA) is 24.9 Å². The van der Waals surface area contributed by atoms with Crippen molar-refractivity contribution in [2.24, 2.45) is 5.92 Å². The second-order valence-electron chi connectivity index (χ2n) is 4.46. The van der Waals surface area contributed by atoms with Crippen molar-refractivity contribution in [2.45, 2.75) is 45.6 Å². The summed E-state index contributed by atoms with van der Waals surface area (Å²) in [5.41, 5.74) is 1.38. The Labute approximate surface area is 99.5 Å². The van der Waals surface area contributed by atoms with Gasteiger partial charge in [0.1, 0.15) is 0 Å². The van der Waals surface area contributed by atoms with Crippen LogP contribution in [0.2, 0.25) is 0 Å². The fourth-order valence-corrected chi connectivity index (χ4v) is 2.13. The predicted molar refractivity (Wildman–Crippen MR) is 69.5 cm³/mol. The molecule has 0 spiro atoms. The van der Waals surface area contributed by atoms with Gasteiger partial charge in [0.05, 0.1) is 0 Å². The second kappa shape index (κ2) is 7.39. The molecule has 0 amide bonds. The van der Waals surface area contributed by atoms with Crippen LogP contribution in [-0.2, 0) is 6.42 Å². The Morgan fingerprint density at radius 2 is 1.81 bits per heavy atom. The van der Waals surface area contributed by atoms with Gasteiger partial charge in [0.25, 0.3) is 0 Å². The van der Waals surface area contributed by atoms with Gasteiger partial charge < -0.3 is 5.32 Å². The van der Waals surface area contributed by atoms with Crippen LogP contribution in [-0.4, -0.2) is 18.1 Å². The van der Waals surface area contributed by atoms with Crippen LogP contribution in [0, 0.1) is 5.92 Å². The number of rotatable bonds is 7. The molecule has 1 aromatic heterocycles. The number of hydrogen-bond acceptors (Lipinski definition) is 2. The van der Waals surface area contributed by atoms with E-state index in [1.165, 1.54) is 24.8 Å². The average Bonchev–Trinajstić information content (AvgIpc) is 2.35. The Morgan fingerprint density at radius 3 is 2.31 bits per heavy atom. The molecule has 2 nitrogen and oxygen atoms in total. The van der Waals surface area contributed by atoms with Crippen LogP contribution in [0.1, 0.15) is 38.7 Å². The SMILES string of the molecule is CCC(CC)CC(Cc1ccncc1)NC. The minimum absolute atomic E-state index is 0.590. The molecule has 0 saturated heterocycles. The molecule has 0 aromatic carbocycles. The number of pyridine rings is 1. The molecule has 1 atom stereocenters. The molecule has 0 aliphatic rings. The van der Waals surface area contributed by atoms with Gasteiger partial charge in [-0.3, -0.25) is 4.98 Å². The second-order valence-corrected chi connectivity index (χ2v) is 4.46. The van der Waals surface area contributed by atoms with Crippen LogP contribution in [0.5, 0.6) is 0 Å². The lowest BCUT2D eigenvalue weighted by molar-refractivity contribution is 0.377. The highest BCUT2D eigenvalue weighted by molar-refractivity contribution is 5.11. The van der Waals surface area contributed by atoms with Crippen molar-refractivity contribution in [2.75, 3.05) is 7.05 Å². The molecule has 16 heavy (non-hydrogen) atoms. The van der Waals surface area contributed by atoms with Crippen molar-refractivity contribution in [1.29, 1.82) is 0 Å². The van der Waals surface area contributed by atoms with E-state index in [1.807, 2.05) is 12.4 Å². The van der Waals surface area contributed by atoms with E-state index in [1.54, 1.807) is 0 Å². The van der Waals surface area contributed by atoms with Gasteiger partial charge >= 0.3 is 0 Å². The summed E-state index contributed by atoms with van der Waals surface area (Å²) in [5.74, 6) is 0.847. The van der Waals surface area contributed by atoms with E-state index in [0.29, 0.717) is 6.04 Å². The molecule has 1 rings (SSSR count). The summed E-state index contributed by atoms with van der Waals surface area (Å²) in [6.07, 6.45) is 8.69. The van der Waals surface area contributed by atoms with Crippen molar-refractivity contribution >= 4 is 0 Å². The first-order chi connectivity index (χ1) is 7.80. The maximum atomic E-state index is 4.05. The van der Waals surface area contributed by atoms with E-state index >= 15 is 0 Å². The number of nitrogens with one attached hydrogen (secondary N) is 1. The number of likely N-dealkylation sites (N-methyl/N-ethyl adjacent to an activating group) is 1. The van der Waals surface area contributed by atoms with Crippen LogP contribution in [0.25, 0.3) is 0 Å². The third-order valence-corrected chi connectivity index (χ3v) is 3.41. The maximum Gasteiger partial charge on any atom is 0.0270 e. The van der Waals surface area contributed by atoms with Gasteiger partial charge in [-0.1, -0.05) is 26.7 Å². The third-order valence-electron chi connectivity index (χ3n) is 3.41. The summed E-state index contributed by atoms with van der Waals surface area (Å²) in [4.78, 5) is 4.05. The zero-order valence-electron chi connectivity index (χ0n) is 10.7. The van der Waals surface area contributed by atoms with E-state index < -0.39 is 0 Å². The fourth-order valence-electron chi connectivity index (χ4n) is 2.13. The van der Waals surface area contributed by atoms with Crippen molar-refractivity contribution in [1.82, 2.24) is 10.3 Å². The van der Waals surface area contributed by atoms with Crippen molar-refractivity contribution in [3.8, 4) is 0 Å². The number of nitrogens with zero attached hydrogens (tertiary/aromatic N) is 1. The third kappa shape index (κ3) is 4.31. The smallest absolute Gasteiger partial charge is 0.0270 e. The largest absolute Gasteiger partial charge is 0.317 e. The van der Waals surface area contributed by atoms with E-state index in [0.717, 1.165) is 12.3 Å². The molecule has 90 valence electrons. The highest BCUT2D eigenvalue weighted by Crippen LogP contribution is 2.17. The fraction of sp³-hybridized carbons (Fsp3) is 0.643. The Morgan fingerprint density at radius 1 is 1.19 bits per heavy atom. The lowest BCUT2D eigenvalue weighted by Gasteiger charge is -2.21. The lowest BCUT2D eigenvalue weighted by atomic mass is 9.92. The zero-order chi connectivity index (χ0) is 11.8. The average molecular weight is 220 g/mol. The van der Waals surface area contributed by atoms with Crippen LogP contribution < -0.4 is 5.32 Å². The standard InChI is InChI=1S/C14H24N2/c1-4-12(5-2)10-14(15-3)11-13-6-8-16-9-7-13/h6-9,12,14-15H,4-5,10-11H2,1-3H3. The normalized spacial score (nSPS) is 13.0. The summed E-state index contributed by atoms with van der Waals surface area (Å²) in [5, 5.41) is 3.43. The molecule has 1 heterocycles. The molecular formula is C14H24N2. The molecule has 0 aliphatic carbocycles. The highest BCUT2D eigenvalue weighted by atomic mass is 14.9. The van der Waals surface area contributed by atoms with Crippen molar-refractivity contribution in [3.63, 3.8) is 0 Å². The predicted octanol–water partition coefficient (Wildman–Crippen LogP) is 3.04. The number of aromatic nitrogens is 1. The van der Waals surface area contributed by atoms with Crippen LogP contribution >= 0.6 is 0 Å². The van der Waals surface area contributed by atoms with Gasteiger partial charge in [-0.05, 0) is 43.5 Å². The quantitative estimate of drug-likeness (QED) is 0.764. The highest BCUT2D eigenvalue weighted by Gasteiger charge is 2.12. The molecule has 0 bridgehead atoms. The van der Waals surface area contributed by atoms with Gasteiger partial charge in [0, 0.05) is 18.4 Å². The van der Waals surface area contributed by atoms with Gasteiger partial charge in [-0.15, -0.1) is 0 Å². The summed E-state index contributed by atoms with van der Waals surface area (Å²) >= 11 is 0. The first-order valence-corrected chi connectivity index (χ1v) is 6.36. The first kappa shape index (κ1) is 13.2. The van der Waals surface area contributed by atoms with Gasteiger partial charge in [-0.2, -0.15) is 0 Å². The van der Waals surface area contributed by atoms with E-state index in [9.17, 15) is 0 Å². The zero-order valence-corrected chi connectivity index (χ0v) is 10.7. The summed E-state index contributed by atoms with van der Waals surface area (Å²) in [7, 11) is 2.06. The Bertz CT molecular complexity index is 267. The van der Waals surface area contributed by atoms with Crippen LogP contribution in [0.4, 0.5) is 0 Å². The van der Waals surface area contributed by atoms with Gasteiger partial charge in [0.2, 0.25) is 0 Å². The summed E-state index contributed by atoms with van der Waals surface area (Å²) in [6, 6.07) is 4.81. The van der Waals surface area contributed by atoms with Crippen molar-refractivity contribution in [3.05, 3.63) is 30.1 Å². The molecule has 0 aliphatic heterocycles. The molecule has 0 fully saturated rings. The molecule has 0 radical (unpaired) electrons. The van der Waals surface area contributed by atoms with Crippen molar-refractivity contribution < 1.29 is 0 Å². The van der Waals surface area contributed by atoms with E-state index in [2.05, 4.69) is 43.3 Å².